The van der Waals surface area contributed by atoms with E-state index in [2.05, 4.69) is 17.0 Å². The fourth-order valence-electron chi connectivity index (χ4n) is 2.95. The lowest BCUT2D eigenvalue weighted by Crippen LogP contribution is -2.41. The number of carbonyl (C=O) groups excluding carboxylic acids is 1. The van der Waals surface area contributed by atoms with Gasteiger partial charge < -0.3 is 14.2 Å². The molecule has 0 bridgehead atoms. The first-order valence-electron chi connectivity index (χ1n) is 7.82. The molecule has 4 heteroatoms. The number of nitrogens with zero attached hydrogens (tertiary/aromatic N) is 2. The van der Waals surface area contributed by atoms with E-state index in [9.17, 15) is 4.79 Å². The Labute approximate surface area is 131 Å². The summed E-state index contributed by atoms with van der Waals surface area (Å²) in [6.45, 7) is 3.72. The number of aryl methyl sites for hydroxylation is 1. The molecule has 1 saturated heterocycles. The van der Waals surface area contributed by atoms with Crippen LogP contribution in [0.2, 0.25) is 0 Å². The number of ether oxygens (including phenoxy) is 1. The number of para-hydroxylation sites is 1. The van der Waals surface area contributed by atoms with E-state index in [1.165, 1.54) is 0 Å². The molecule has 0 spiro atoms. The Hall–Kier alpha value is -2.23. The molecule has 0 N–H and O–H groups in total. The second kappa shape index (κ2) is 6.69. The van der Waals surface area contributed by atoms with Crippen LogP contribution in [0.1, 0.15) is 24.4 Å². The van der Waals surface area contributed by atoms with Crippen molar-refractivity contribution in [3.8, 4) is 5.75 Å². The van der Waals surface area contributed by atoms with Crippen LogP contribution < -0.4 is 4.74 Å². The van der Waals surface area contributed by atoms with Gasteiger partial charge in [-0.2, -0.15) is 0 Å². The van der Waals surface area contributed by atoms with Gasteiger partial charge in [-0.1, -0.05) is 18.2 Å². The van der Waals surface area contributed by atoms with Crippen LogP contribution >= 0.6 is 0 Å². The summed E-state index contributed by atoms with van der Waals surface area (Å²) >= 11 is 0. The molecule has 3 rings (SSSR count). The number of likely N-dealkylation sites (tertiary alicyclic amines) is 1. The number of amides is 1. The van der Waals surface area contributed by atoms with Crippen molar-refractivity contribution in [1.29, 1.82) is 0 Å². The monoisotopic (exact) mass is 298 g/mol. The van der Waals surface area contributed by atoms with Crippen LogP contribution in [0.3, 0.4) is 0 Å². The predicted molar refractivity (Wildman–Crippen MR) is 86.0 cm³/mol. The van der Waals surface area contributed by atoms with E-state index in [0.29, 0.717) is 6.04 Å². The first-order chi connectivity index (χ1) is 10.7. The highest BCUT2D eigenvalue weighted by Gasteiger charge is 2.23. The van der Waals surface area contributed by atoms with Crippen LogP contribution in [0.4, 0.5) is 0 Å². The molecule has 116 valence electrons. The van der Waals surface area contributed by atoms with Crippen molar-refractivity contribution in [2.75, 3.05) is 19.7 Å². The smallest absolute Gasteiger partial charge is 0.260 e. The highest BCUT2D eigenvalue weighted by Crippen LogP contribution is 2.23. The third-order valence-corrected chi connectivity index (χ3v) is 4.31. The molecule has 0 aliphatic carbocycles. The summed E-state index contributed by atoms with van der Waals surface area (Å²) in [4.78, 5) is 14.2. The van der Waals surface area contributed by atoms with Gasteiger partial charge in [0.25, 0.3) is 5.91 Å². The van der Waals surface area contributed by atoms with E-state index in [4.69, 9.17) is 4.74 Å². The molecule has 1 aromatic heterocycles. The minimum Gasteiger partial charge on any atom is -0.484 e. The molecular formula is C18H22N2O2. The van der Waals surface area contributed by atoms with Gasteiger partial charge in [-0.25, -0.2) is 0 Å². The number of piperidine rings is 1. The summed E-state index contributed by atoms with van der Waals surface area (Å²) in [5.41, 5.74) is 1.06. The van der Waals surface area contributed by atoms with E-state index < -0.39 is 0 Å². The van der Waals surface area contributed by atoms with Crippen LogP contribution in [0.25, 0.3) is 0 Å². The molecule has 1 aliphatic heterocycles. The van der Waals surface area contributed by atoms with Crippen LogP contribution in [-0.2, 0) is 4.79 Å². The van der Waals surface area contributed by atoms with E-state index in [1.54, 1.807) is 0 Å². The van der Waals surface area contributed by atoms with Crippen molar-refractivity contribution in [1.82, 2.24) is 9.47 Å². The van der Waals surface area contributed by atoms with E-state index >= 15 is 0 Å². The summed E-state index contributed by atoms with van der Waals surface area (Å²) in [5, 5.41) is 0. The van der Waals surface area contributed by atoms with E-state index in [1.807, 2.05) is 48.2 Å². The molecule has 4 nitrogen and oxygen atoms in total. The number of carbonyl (C=O) groups is 1. The van der Waals surface area contributed by atoms with Crippen LogP contribution in [0, 0.1) is 6.92 Å². The maximum atomic E-state index is 12.3. The molecule has 2 heterocycles. The first kappa shape index (κ1) is 14.7. The Morgan fingerprint density at radius 2 is 1.82 bits per heavy atom. The minimum atomic E-state index is 0.0780. The number of benzene rings is 1. The van der Waals surface area contributed by atoms with Gasteiger partial charge in [-0.3, -0.25) is 4.79 Å². The highest BCUT2D eigenvalue weighted by atomic mass is 16.5. The maximum Gasteiger partial charge on any atom is 0.260 e. The highest BCUT2D eigenvalue weighted by molar-refractivity contribution is 5.77. The van der Waals surface area contributed by atoms with Crippen molar-refractivity contribution in [2.24, 2.45) is 0 Å². The zero-order valence-corrected chi connectivity index (χ0v) is 12.9. The third kappa shape index (κ3) is 3.32. The molecule has 1 aliphatic rings. The Morgan fingerprint density at radius 1 is 1.14 bits per heavy atom. The lowest BCUT2D eigenvalue weighted by molar-refractivity contribution is -0.134. The first-order valence-corrected chi connectivity index (χ1v) is 7.82. The van der Waals surface area contributed by atoms with Crippen molar-refractivity contribution in [2.45, 2.75) is 25.8 Å². The normalized spacial score (nSPS) is 15.8. The number of hydrogen-bond acceptors (Lipinski definition) is 2. The maximum absolute atomic E-state index is 12.3. The summed E-state index contributed by atoms with van der Waals surface area (Å²) < 4.78 is 7.90. The Kier molecular flexibility index (Phi) is 4.47. The molecule has 2 aromatic rings. The summed E-state index contributed by atoms with van der Waals surface area (Å²) in [7, 11) is 0. The second-order valence-electron chi connectivity index (χ2n) is 5.80. The average Bonchev–Trinajstić information content (AvgIpc) is 3.08. The number of rotatable bonds is 4. The fourth-order valence-corrected chi connectivity index (χ4v) is 2.95. The van der Waals surface area contributed by atoms with Gasteiger partial charge in [-0.05, 0) is 43.5 Å². The molecule has 22 heavy (non-hydrogen) atoms. The standard InChI is InChI=1S/C18H22N2O2/c1-15-6-2-3-7-17(15)22-14-18(21)20-12-8-16(9-13-20)19-10-4-5-11-19/h2-7,10-11,16H,8-9,12-14H2,1H3. The molecule has 0 atom stereocenters. The molecule has 1 aromatic carbocycles. The zero-order valence-electron chi connectivity index (χ0n) is 12.9. The summed E-state index contributed by atoms with van der Waals surface area (Å²) in [6.07, 6.45) is 6.21. The number of hydrogen-bond donors (Lipinski definition) is 0. The van der Waals surface area contributed by atoms with Gasteiger partial charge in [0, 0.05) is 31.5 Å². The fraction of sp³-hybridized carbons (Fsp3) is 0.389. The Morgan fingerprint density at radius 3 is 2.50 bits per heavy atom. The molecule has 0 unspecified atom stereocenters. The van der Waals surface area contributed by atoms with Crippen LogP contribution in [0.15, 0.2) is 48.8 Å². The van der Waals surface area contributed by atoms with Gasteiger partial charge in [0.2, 0.25) is 0 Å². The third-order valence-electron chi connectivity index (χ3n) is 4.31. The van der Waals surface area contributed by atoms with Crippen LogP contribution in [-0.4, -0.2) is 35.1 Å². The van der Waals surface area contributed by atoms with Crippen LogP contribution in [0.5, 0.6) is 5.75 Å². The van der Waals surface area contributed by atoms with Gasteiger partial charge in [0.1, 0.15) is 5.75 Å². The second-order valence-corrected chi connectivity index (χ2v) is 5.80. The van der Waals surface area contributed by atoms with Crippen molar-refractivity contribution >= 4 is 5.91 Å². The lowest BCUT2D eigenvalue weighted by atomic mass is 10.0. The Balaban J connectivity index is 1.49. The quantitative estimate of drug-likeness (QED) is 0.869. The topological polar surface area (TPSA) is 34.5 Å². The molecular weight excluding hydrogens is 276 g/mol. The van der Waals surface area contributed by atoms with Crippen molar-refractivity contribution < 1.29 is 9.53 Å². The Bertz CT molecular complexity index is 614. The largest absolute Gasteiger partial charge is 0.484 e. The number of aromatic nitrogens is 1. The average molecular weight is 298 g/mol. The van der Waals surface area contributed by atoms with E-state index in [-0.39, 0.29) is 12.5 Å². The predicted octanol–water partition coefficient (Wildman–Crippen LogP) is 3.04. The molecule has 1 fully saturated rings. The van der Waals surface area contributed by atoms with Gasteiger partial charge in [0.15, 0.2) is 6.61 Å². The van der Waals surface area contributed by atoms with Crippen molar-refractivity contribution in [3.05, 3.63) is 54.4 Å². The zero-order chi connectivity index (χ0) is 15.4. The summed E-state index contributed by atoms with van der Waals surface area (Å²) in [5.74, 6) is 0.868. The van der Waals surface area contributed by atoms with Crippen molar-refractivity contribution in [3.63, 3.8) is 0 Å². The SMILES string of the molecule is Cc1ccccc1OCC(=O)N1CCC(n2cccc2)CC1. The minimum absolute atomic E-state index is 0.0780. The lowest BCUT2D eigenvalue weighted by Gasteiger charge is -2.32. The van der Waals surface area contributed by atoms with Gasteiger partial charge >= 0.3 is 0 Å². The summed E-state index contributed by atoms with van der Waals surface area (Å²) in [6, 6.07) is 12.4. The molecule has 1 amide bonds. The molecule has 0 radical (unpaired) electrons. The molecule has 0 saturated carbocycles. The van der Waals surface area contributed by atoms with E-state index in [0.717, 1.165) is 37.2 Å². The van der Waals surface area contributed by atoms with Gasteiger partial charge in [0.05, 0.1) is 0 Å². The van der Waals surface area contributed by atoms with Gasteiger partial charge in [-0.15, -0.1) is 0 Å².